The zero-order chi connectivity index (χ0) is 18.6. The summed E-state index contributed by atoms with van der Waals surface area (Å²) in [5.74, 6) is -0.543. The van der Waals surface area contributed by atoms with Crippen LogP contribution in [-0.2, 0) is 9.53 Å². The van der Waals surface area contributed by atoms with Crippen molar-refractivity contribution in [2.24, 2.45) is 0 Å². The van der Waals surface area contributed by atoms with E-state index in [0.29, 0.717) is 24.3 Å². The third-order valence-corrected chi connectivity index (χ3v) is 3.90. The first-order chi connectivity index (χ1) is 11.9. The van der Waals surface area contributed by atoms with Crippen LogP contribution in [0.5, 0.6) is 11.5 Å². The van der Waals surface area contributed by atoms with Crippen LogP contribution in [0.4, 0.5) is 4.79 Å². The van der Waals surface area contributed by atoms with Gasteiger partial charge in [0.1, 0.15) is 0 Å². The molecule has 0 spiro atoms. The molecule has 0 aromatic heterocycles. The molecule has 0 radical (unpaired) electrons. The maximum absolute atomic E-state index is 12.4. The molecule has 1 aromatic carbocycles. The van der Waals surface area contributed by atoms with Crippen LogP contribution in [0.2, 0.25) is 5.02 Å². The molecule has 1 aliphatic heterocycles. The van der Waals surface area contributed by atoms with Crippen molar-refractivity contribution in [3.8, 4) is 11.5 Å². The van der Waals surface area contributed by atoms with Crippen molar-refractivity contribution in [3.63, 3.8) is 0 Å². The highest BCUT2D eigenvalue weighted by Gasteiger charge is 2.33. The largest absolute Gasteiger partial charge is 0.503 e. The standard InChI is InChI=1S/C17H21ClN2O5/c1-4-6-25-16(22)13-9(3)19-17(23)20-14(13)10-7-11(18)15(21)12(8-10)24-5-2/h7-8,14,21H,4-6H2,1-3H3,(H2,19,20,23). The Balaban J connectivity index is 2.48. The number of hydrogen-bond acceptors (Lipinski definition) is 5. The molecule has 1 unspecified atom stereocenters. The first-order valence-electron chi connectivity index (χ1n) is 7.99. The van der Waals surface area contributed by atoms with Gasteiger partial charge in [-0.3, -0.25) is 0 Å². The third-order valence-electron chi connectivity index (χ3n) is 3.61. The Hall–Kier alpha value is -2.41. The molecule has 0 bridgehead atoms. The number of urea groups is 1. The number of halogens is 1. The first-order valence-corrected chi connectivity index (χ1v) is 8.37. The van der Waals surface area contributed by atoms with E-state index < -0.39 is 18.0 Å². The van der Waals surface area contributed by atoms with Gasteiger partial charge in [-0.25, -0.2) is 9.59 Å². The summed E-state index contributed by atoms with van der Waals surface area (Å²) in [6, 6.07) is 1.81. The Morgan fingerprint density at radius 2 is 2.08 bits per heavy atom. The van der Waals surface area contributed by atoms with Crippen molar-refractivity contribution in [1.29, 1.82) is 0 Å². The molecule has 1 heterocycles. The minimum Gasteiger partial charge on any atom is -0.503 e. The molecule has 3 N–H and O–H groups in total. The number of rotatable bonds is 6. The summed E-state index contributed by atoms with van der Waals surface area (Å²) in [4.78, 5) is 24.3. The highest BCUT2D eigenvalue weighted by molar-refractivity contribution is 6.32. The van der Waals surface area contributed by atoms with Crippen LogP contribution in [0.1, 0.15) is 38.8 Å². The number of aromatic hydroxyl groups is 1. The van der Waals surface area contributed by atoms with Gasteiger partial charge in [-0.2, -0.15) is 0 Å². The average molecular weight is 369 g/mol. The first kappa shape index (κ1) is 18.9. The second-order valence-electron chi connectivity index (χ2n) is 5.49. The molecule has 7 nitrogen and oxygen atoms in total. The van der Waals surface area contributed by atoms with Gasteiger partial charge in [-0.1, -0.05) is 18.5 Å². The average Bonchev–Trinajstić information content (AvgIpc) is 2.56. The minimum atomic E-state index is -0.768. The lowest BCUT2D eigenvalue weighted by Gasteiger charge is -2.28. The molecule has 2 rings (SSSR count). The molecule has 8 heteroatoms. The molecule has 1 atom stereocenters. The van der Waals surface area contributed by atoms with E-state index in [9.17, 15) is 14.7 Å². The fourth-order valence-corrected chi connectivity index (χ4v) is 2.73. The minimum absolute atomic E-state index is 0.0626. The van der Waals surface area contributed by atoms with Gasteiger partial charge in [0.2, 0.25) is 0 Å². The summed E-state index contributed by atoms with van der Waals surface area (Å²) >= 11 is 6.07. The lowest BCUT2D eigenvalue weighted by Crippen LogP contribution is -2.45. The molecule has 0 fully saturated rings. The van der Waals surface area contributed by atoms with Crippen LogP contribution in [0.3, 0.4) is 0 Å². The van der Waals surface area contributed by atoms with Gasteiger partial charge in [0.25, 0.3) is 0 Å². The molecule has 2 amide bonds. The second kappa shape index (κ2) is 8.11. The van der Waals surface area contributed by atoms with Crippen LogP contribution in [0.15, 0.2) is 23.4 Å². The monoisotopic (exact) mass is 368 g/mol. The zero-order valence-corrected chi connectivity index (χ0v) is 15.1. The van der Waals surface area contributed by atoms with Crippen LogP contribution < -0.4 is 15.4 Å². The maximum atomic E-state index is 12.4. The number of benzene rings is 1. The Labute approximate surface area is 150 Å². The van der Waals surface area contributed by atoms with Crippen molar-refractivity contribution in [2.45, 2.75) is 33.2 Å². The van der Waals surface area contributed by atoms with Gasteiger partial charge < -0.3 is 25.2 Å². The predicted molar refractivity (Wildman–Crippen MR) is 92.6 cm³/mol. The SMILES string of the molecule is CCCOC(=O)C1=C(C)NC(=O)NC1c1cc(Cl)c(O)c(OCC)c1. The normalized spacial score (nSPS) is 17.0. The molecule has 0 aliphatic carbocycles. The molecular formula is C17H21ClN2O5. The van der Waals surface area contributed by atoms with E-state index in [1.165, 1.54) is 6.07 Å². The maximum Gasteiger partial charge on any atom is 0.338 e. The van der Waals surface area contributed by atoms with Gasteiger partial charge in [-0.15, -0.1) is 0 Å². The third kappa shape index (κ3) is 4.17. The summed E-state index contributed by atoms with van der Waals surface area (Å²) in [5, 5.41) is 15.3. The van der Waals surface area contributed by atoms with Crippen LogP contribution in [-0.4, -0.2) is 30.3 Å². The van der Waals surface area contributed by atoms with E-state index in [2.05, 4.69) is 10.6 Å². The summed E-state index contributed by atoms with van der Waals surface area (Å²) in [7, 11) is 0. The fraction of sp³-hybridized carbons (Fsp3) is 0.412. The highest BCUT2D eigenvalue weighted by Crippen LogP contribution is 2.39. The summed E-state index contributed by atoms with van der Waals surface area (Å²) in [6.45, 7) is 5.88. The number of phenols is 1. The lowest BCUT2D eigenvalue weighted by molar-refractivity contribution is -0.139. The Morgan fingerprint density at radius 3 is 2.72 bits per heavy atom. The van der Waals surface area contributed by atoms with Gasteiger partial charge >= 0.3 is 12.0 Å². The molecule has 0 saturated heterocycles. The number of phenolic OH excluding ortho intramolecular Hbond substituents is 1. The Kier molecular flexibility index (Phi) is 6.14. The van der Waals surface area contributed by atoms with Gasteiger partial charge in [0.15, 0.2) is 11.5 Å². The van der Waals surface area contributed by atoms with E-state index in [0.717, 1.165) is 0 Å². The Morgan fingerprint density at radius 1 is 1.36 bits per heavy atom. The van der Waals surface area contributed by atoms with E-state index in [4.69, 9.17) is 21.1 Å². The topological polar surface area (TPSA) is 96.9 Å². The quantitative estimate of drug-likeness (QED) is 0.670. The number of amides is 2. The zero-order valence-electron chi connectivity index (χ0n) is 14.3. The van der Waals surface area contributed by atoms with Gasteiger partial charge in [0.05, 0.1) is 29.9 Å². The molecular weight excluding hydrogens is 348 g/mol. The second-order valence-corrected chi connectivity index (χ2v) is 5.90. The number of esters is 1. The molecule has 1 aliphatic rings. The van der Waals surface area contributed by atoms with E-state index in [-0.39, 0.29) is 28.7 Å². The smallest absolute Gasteiger partial charge is 0.338 e. The van der Waals surface area contributed by atoms with Crippen LogP contribution in [0.25, 0.3) is 0 Å². The van der Waals surface area contributed by atoms with Crippen molar-refractivity contribution < 1.29 is 24.2 Å². The highest BCUT2D eigenvalue weighted by atomic mass is 35.5. The van der Waals surface area contributed by atoms with Crippen molar-refractivity contribution in [1.82, 2.24) is 10.6 Å². The number of carbonyl (C=O) groups excluding carboxylic acids is 2. The van der Waals surface area contributed by atoms with Crippen molar-refractivity contribution in [3.05, 3.63) is 34.0 Å². The molecule has 1 aromatic rings. The summed E-state index contributed by atoms with van der Waals surface area (Å²) in [6.07, 6.45) is 0.683. The molecule has 0 saturated carbocycles. The number of nitrogens with one attached hydrogen (secondary N) is 2. The van der Waals surface area contributed by atoms with Crippen LogP contribution in [0, 0.1) is 0 Å². The number of ether oxygens (including phenoxy) is 2. The van der Waals surface area contributed by atoms with Crippen molar-refractivity contribution in [2.75, 3.05) is 13.2 Å². The summed E-state index contributed by atoms with van der Waals surface area (Å²) in [5.41, 5.74) is 1.18. The predicted octanol–water partition coefficient (Wildman–Crippen LogP) is 3.03. The van der Waals surface area contributed by atoms with Gasteiger partial charge in [0, 0.05) is 5.70 Å². The number of carbonyl (C=O) groups is 2. The van der Waals surface area contributed by atoms with Gasteiger partial charge in [-0.05, 0) is 38.0 Å². The summed E-state index contributed by atoms with van der Waals surface area (Å²) < 4.78 is 10.6. The van der Waals surface area contributed by atoms with Crippen LogP contribution >= 0.6 is 11.6 Å². The number of allylic oxidation sites excluding steroid dienone is 1. The lowest BCUT2D eigenvalue weighted by atomic mass is 9.95. The van der Waals surface area contributed by atoms with E-state index in [1.807, 2.05) is 6.92 Å². The molecule has 25 heavy (non-hydrogen) atoms. The fourth-order valence-electron chi connectivity index (χ4n) is 2.51. The Bertz CT molecular complexity index is 717. The number of hydrogen-bond donors (Lipinski definition) is 3. The molecule has 136 valence electrons. The van der Waals surface area contributed by atoms with E-state index >= 15 is 0 Å². The van der Waals surface area contributed by atoms with E-state index in [1.54, 1.807) is 19.9 Å². The van der Waals surface area contributed by atoms with Crippen molar-refractivity contribution >= 4 is 23.6 Å².